The lowest BCUT2D eigenvalue weighted by atomic mass is 9.98. The second-order valence-corrected chi connectivity index (χ2v) is 6.05. The molecule has 0 saturated heterocycles. The minimum Gasteiger partial charge on any atom is -0.389 e. The fourth-order valence-electron chi connectivity index (χ4n) is 3.01. The lowest BCUT2D eigenvalue weighted by molar-refractivity contribution is -0.0231. The molecule has 0 aromatic carbocycles. The van der Waals surface area contributed by atoms with E-state index in [1.807, 2.05) is 0 Å². The van der Waals surface area contributed by atoms with E-state index in [4.69, 9.17) is 4.74 Å². The van der Waals surface area contributed by atoms with E-state index >= 15 is 0 Å². The average Bonchev–Trinajstić information content (AvgIpc) is 3.14. The third-order valence-corrected chi connectivity index (χ3v) is 4.27. The van der Waals surface area contributed by atoms with Crippen molar-refractivity contribution >= 4 is 0 Å². The lowest BCUT2D eigenvalue weighted by Gasteiger charge is -2.23. The molecule has 2 fully saturated rings. The summed E-state index contributed by atoms with van der Waals surface area (Å²) in [6, 6.07) is 0.661. The number of aliphatic hydroxyl groups excluding tert-OH is 1. The maximum Gasteiger partial charge on any atom is 0.0897 e. The van der Waals surface area contributed by atoms with Crippen LogP contribution in [0.4, 0.5) is 0 Å². The van der Waals surface area contributed by atoms with Crippen molar-refractivity contribution in [2.75, 3.05) is 13.2 Å². The minimum absolute atomic E-state index is 0.338. The summed E-state index contributed by atoms with van der Waals surface area (Å²) in [6.07, 6.45) is 10.3. The fourth-order valence-corrected chi connectivity index (χ4v) is 3.01. The van der Waals surface area contributed by atoms with Crippen molar-refractivity contribution in [2.45, 2.75) is 76.5 Å². The van der Waals surface area contributed by atoms with Gasteiger partial charge in [0, 0.05) is 12.6 Å². The summed E-state index contributed by atoms with van der Waals surface area (Å²) in [5, 5.41) is 13.3. The topological polar surface area (TPSA) is 41.5 Å². The molecule has 18 heavy (non-hydrogen) atoms. The Labute approximate surface area is 111 Å². The van der Waals surface area contributed by atoms with Crippen LogP contribution in [-0.4, -0.2) is 36.5 Å². The summed E-state index contributed by atoms with van der Waals surface area (Å²) < 4.78 is 5.78. The van der Waals surface area contributed by atoms with Crippen molar-refractivity contribution in [1.29, 1.82) is 0 Å². The van der Waals surface area contributed by atoms with E-state index in [0.717, 1.165) is 5.92 Å². The zero-order valence-electron chi connectivity index (χ0n) is 11.7. The summed E-state index contributed by atoms with van der Waals surface area (Å²) in [4.78, 5) is 0. The standard InChI is InChI=1S/C15H29NO2/c1-2-6-12-9-15(12)16-10-13(17)11-18-14-7-4-3-5-8-14/h12-17H,2-11H2,1H3. The van der Waals surface area contributed by atoms with Crippen molar-refractivity contribution in [2.24, 2.45) is 5.92 Å². The maximum absolute atomic E-state index is 9.89. The highest BCUT2D eigenvalue weighted by Crippen LogP contribution is 2.34. The second kappa shape index (κ2) is 7.46. The van der Waals surface area contributed by atoms with Crippen LogP contribution < -0.4 is 5.32 Å². The first-order chi connectivity index (χ1) is 8.79. The van der Waals surface area contributed by atoms with E-state index in [-0.39, 0.29) is 6.10 Å². The van der Waals surface area contributed by atoms with Gasteiger partial charge in [0.1, 0.15) is 0 Å². The molecule has 0 aliphatic heterocycles. The molecule has 2 aliphatic rings. The lowest BCUT2D eigenvalue weighted by Crippen LogP contribution is -2.34. The molecule has 2 N–H and O–H groups in total. The second-order valence-electron chi connectivity index (χ2n) is 6.05. The number of aliphatic hydroxyl groups is 1. The summed E-state index contributed by atoms with van der Waals surface area (Å²) >= 11 is 0. The largest absolute Gasteiger partial charge is 0.389 e. The SMILES string of the molecule is CCCC1CC1NCC(O)COC1CCCCC1. The van der Waals surface area contributed by atoms with Gasteiger partial charge in [-0.3, -0.25) is 0 Å². The van der Waals surface area contributed by atoms with Gasteiger partial charge in [0.2, 0.25) is 0 Å². The zero-order valence-corrected chi connectivity index (χ0v) is 11.7. The van der Waals surface area contributed by atoms with E-state index in [1.54, 1.807) is 0 Å². The van der Waals surface area contributed by atoms with Crippen LogP contribution >= 0.6 is 0 Å². The van der Waals surface area contributed by atoms with Crippen LogP contribution in [0, 0.1) is 5.92 Å². The monoisotopic (exact) mass is 255 g/mol. The Bertz CT molecular complexity index is 229. The normalized spacial score (nSPS) is 30.3. The maximum atomic E-state index is 9.89. The number of rotatable bonds is 8. The van der Waals surface area contributed by atoms with Crippen LogP contribution in [0.3, 0.4) is 0 Å². The molecule has 3 atom stereocenters. The summed E-state index contributed by atoms with van der Waals surface area (Å²) in [5.74, 6) is 0.862. The van der Waals surface area contributed by atoms with Gasteiger partial charge in [-0.15, -0.1) is 0 Å². The molecule has 2 aliphatic carbocycles. The Kier molecular flexibility index (Phi) is 5.93. The van der Waals surface area contributed by atoms with Crippen LogP contribution in [0.15, 0.2) is 0 Å². The van der Waals surface area contributed by atoms with Gasteiger partial charge in [-0.25, -0.2) is 0 Å². The number of nitrogens with one attached hydrogen (secondary N) is 1. The molecular weight excluding hydrogens is 226 g/mol. The minimum atomic E-state index is -0.338. The molecule has 3 unspecified atom stereocenters. The Morgan fingerprint density at radius 3 is 2.78 bits per heavy atom. The van der Waals surface area contributed by atoms with Gasteiger partial charge in [0.05, 0.1) is 18.8 Å². The van der Waals surface area contributed by atoms with Gasteiger partial charge in [-0.1, -0.05) is 32.6 Å². The van der Waals surface area contributed by atoms with E-state index < -0.39 is 0 Å². The van der Waals surface area contributed by atoms with Gasteiger partial charge in [0.15, 0.2) is 0 Å². The molecule has 0 heterocycles. The highest BCUT2D eigenvalue weighted by Gasteiger charge is 2.35. The average molecular weight is 255 g/mol. The zero-order chi connectivity index (χ0) is 12.8. The summed E-state index contributed by atoms with van der Waals surface area (Å²) in [7, 11) is 0. The van der Waals surface area contributed by atoms with Gasteiger partial charge in [0.25, 0.3) is 0 Å². The van der Waals surface area contributed by atoms with E-state index in [0.29, 0.717) is 25.3 Å². The molecule has 2 saturated carbocycles. The Hall–Kier alpha value is -0.120. The fraction of sp³-hybridized carbons (Fsp3) is 1.00. The molecular formula is C15H29NO2. The number of hydrogen-bond donors (Lipinski definition) is 2. The van der Waals surface area contributed by atoms with E-state index in [2.05, 4.69) is 12.2 Å². The van der Waals surface area contributed by atoms with Crippen LogP contribution in [0.25, 0.3) is 0 Å². The van der Waals surface area contributed by atoms with Crippen molar-refractivity contribution in [3.63, 3.8) is 0 Å². The first-order valence-corrected chi connectivity index (χ1v) is 7.82. The molecule has 2 rings (SSSR count). The van der Waals surface area contributed by atoms with E-state index in [9.17, 15) is 5.11 Å². The van der Waals surface area contributed by atoms with Gasteiger partial charge in [-0.2, -0.15) is 0 Å². The van der Waals surface area contributed by atoms with Gasteiger partial charge in [-0.05, 0) is 31.6 Å². The number of hydrogen-bond acceptors (Lipinski definition) is 3. The molecule has 3 heteroatoms. The first-order valence-electron chi connectivity index (χ1n) is 7.82. The smallest absolute Gasteiger partial charge is 0.0897 e. The predicted octanol–water partition coefficient (Wildman–Crippen LogP) is 2.47. The molecule has 0 bridgehead atoms. The molecule has 0 amide bonds. The molecule has 106 valence electrons. The Balaban J connectivity index is 1.49. The quantitative estimate of drug-likeness (QED) is 0.700. The summed E-state index contributed by atoms with van der Waals surface area (Å²) in [6.45, 7) is 3.43. The molecule has 3 nitrogen and oxygen atoms in total. The highest BCUT2D eigenvalue weighted by molar-refractivity contribution is 4.92. The van der Waals surface area contributed by atoms with Crippen molar-refractivity contribution < 1.29 is 9.84 Å². The van der Waals surface area contributed by atoms with Gasteiger partial charge >= 0.3 is 0 Å². The molecule has 0 aromatic heterocycles. The summed E-state index contributed by atoms with van der Waals surface area (Å²) in [5.41, 5.74) is 0. The van der Waals surface area contributed by atoms with Crippen LogP contribution in [0.5, 0.6) is 0 Å². The Morgan fingerprint density at radius 1 is 1.28 bits per heavy atom. The first kappa shape index (κ1) is 14.3. The van der Waals surface area contributed by atoms with Crippen molar-refractivity contribution in [3.8, 4) is 0 Å². The molecule has 0 spiro atoms. The van der Waals surface area contributed by atoms with Crippen LogP contribution in [-0.2, 0) is 4.74 Å². The predicted molar refractivity (Wildman–Crippen MR) is 73.6 cm³/mol. The number of ether oxygens (including phenoxy) is 1. The van der Waals surface area contributed by atoms with E-state index in [1.165, 1.54) is 51.4 Å². The van der Waals surface area contributed by atoms with Crippen LogP contribution in [0.1, 0.15) is 58.3 Å². The molecule has 0 radical (unpaired) electrons. The Morgan fingerprint density at radius 2 is 2.06 bits per heavy atom. The third kappa shape index (κ3) is 4.87. The highest BCUT2D eigenvalue weighted by atomic mass is 16.5. The third-order valence-electron chi connectivity index (χ3n) is 4.27. The van der Waals surface area contributed by atoms with Crippen molar-refractivity contribution in [3.05, 3.63) is 0 Å². The van der Waals surface area contributed by atoms with Crippen molar-refractivity contribution in [1.82, 2.24) is 5.32 Å². The molecule has 0 aromatic rings. The van der Waals surface area contributed by atoms with Crippen LogP contribution in [0.2, 0.25) is 0 Å². The van der Waals surface area contributed by atoms with Gasteiger partial charge < -0.3 is 15.2 Å².